The van der Waals surface area contributed by atoms with Gasteiger partial charge in [0, 0.05) is 23.9 Å². The van der Waals surface area contributed by atoms with Crippen LogP contribution < -0.4 is 15.4 Å². The van der Waals surface area contributed by atoms with Crippen LogP contribution >= 0.6 is 0 Å². The number of nitro benzene ring substituents is 1. The molecule has 0 radical (unpaired) electrons. The van der Waals surface area contributed by atoms with E-state index in [1.807, 2.05) is 43.3 Å². The fraction of sp³-hybridized carbons (Fsp3) is 0.316. The number of methoxy groups -OCH3 is 1. The number of nitrogens with zero attached hydrogens (tertiary/aromatic N) is 2. The van der Waals surface area contributed by atoms with E-state index in [2.05, 4.69) is 10.6 Å². The second-order valence-corrected chi connectivity index (χ2v) is 6.35. The molecule has 0 aromatic heterocycles. The Labute approximate surface area is 158 Å². The number of anilines is 1. The van der Waals surface area contributed by atoms with Crippen LogP contribution in [-0.2, 0) is 0 Å². The molecule has 8 nitrogen and oxygen atoms in total. The molecule has 0 saturated carbocycles. The molecule has 2 aromatic carbocycles. The van der Waals surface area contributed by atoms with E-state index in [9.17, 15) is 14.9 Å². The maximum atomic E-state index is 12.2. The van der Waals surface area contributed by atoms with Gasteiger partial charge < -0.3 is 20.3 Å². The Hall–Kier alpha value is -3.13. The summed E-state index contributed by atoms with van der Waals surface area (Å²) in [5.74, 6) is 0.746. The first-order valence-corrected chi connectivity index (χ1v) is 8.42. The summed E-state index contributed by atoms with van der Waals surface area (Å²) in [6.07, 6.45) is 0. The minimum atomic E-state index is -0.469. The van der Waals surface area contributed by atoms with Gasteiger partial charge in [-0.15, -0.1) is 0 Å². The Morgan fingerprint density at radius 1 is 1.26 bits per heavy atom. The molecule has 0 spiro atoms. The van der Waals surface area contributed by atoms with E-state index < -0.39 is 11.0 Å². The summed E-state index contributed by atoms with van der Waals surface area (Å²) >= 11 is 0. The van der Waals surface area contributed by atoms with Crippen molar-refractivity contribution in [3.8, 4) is 5.75 Å². The Kier molecular flexibility index (Phi) is 6.73. The second-order valence-electron chi connectivity index (χ2n) is 6.35. The Bertz CT molecular complexity index is 823. The largest absolute Gasteiger partial charge is 0.497 e. The van der Waals surface area contributed by atoms with Gasteiger partial charge in [-0.25, -0.2) is 4.79 Å². The zero-order valence-corrected chi connectivity index (χ0v) is 15.9. The van der Waals surface area contributed by atoms with Crippen LogP contribution in [0.4, 0.5) is 16.2 Å². The van der Waals surface area contributed by atoms with Crippen LogP contribution in [0.5, 0.6) is 5.75 Å². The summed E-state index contributed by atoms with van der Waals surface area (Å²) in [5, 5.41) is 16.5. The molecule has 2 amide bonds. The number of carbonyl (C=O) groups excluding carboxylic acids is 1. The average molecular weight is 372 g/mol. The van der Waals surface area contributed by atoms with E-state index in [0.717, 1.165) is 11.3 Å². The van der Waals surface area contributed by atoms with Gasteiger partial charge in [0.25, 0.3) is 5.69 Å². The third kappa shape index (κ3) is 5.42. The fourth-order valence-electron chi connectivity index (χ4n) is 2.70. The number of amides is 2. The van der Waals surface area contributed by atoms with Crippen molar-refractivity contribution in [2.24, 2.45) is 0 Å². The topological polar surface area (TPSA) is 96.7 Å². The lowest BCUT2D eigenvalue weighted by Crippen LogP contribution is -2.36. The number of urea groups is 1. The van der Waals surface area contributed by atoms with Crippen molar-refractivity contribution in [3.63, 3.8) is 0 Å². The number of nitrogens with one attached hydrogen (secondary N) is 2. The highest BCUT2D eigenvalue weighted by molar-refractivity contribution is 5.89. The lowest BCUT2D eigenvalue weighted by Gasteiger charge is -2.25. The Morgan fingerprint density at radius 2 is 2.00 bits per heavy atom. The highest BCUT2D eigenvalue weighted by Gasteiger charge is 2.17. The monoisotopic (exact) mass is 372 g/mol. The quantitative estimate of drug-likeness (QED) is 0.574. The van der Waals surface area contributed by atoms with Crippen molar-refractivity contribution in [3.05, 3.63) is 63.7 Å². The lowest BCUT2D eigenvalue weighted by molar-refractivity contribution is -0.385. The second kappa shape index (κ2) is 9.00. The molecule has 144 valence electrons. The average Bonchev–Trinajstić information content (AvgIpc) is 2.63. The summed E-state index contributed by atoms with van der Waals surface area (Å²) in [4.78, 5) is 24.8. The van der Waals surface area contributed by atoms with Crippen LogP contribution in [0.15, 0.2) is 42.5 Å². The maximum absolute atomic E-state index is 12.2. The zero-order valence-electron chi connectivity index (χ0n) is 15.9. The van der Waals surface area contributed by atoms with Crippen LogP contribution in [-0.4, -0.2) is 43.6 Å². The molecule has 0 fully saturated rings. The number of ether oxygens (including phenoxy) is 1. The zero-order chi connectivity index (χ0) is 20.0. The van der Waals surface area contributed by atoms with Gasteiger partial charge in [0.1, 0.15) is 5.75 Å². The van der Waals surface area contributed by atoms with E-state index in [1.54, 1.807) is 26.2 Å². The summed E-state index contributed by atoms with van der Waals surface area (Å²) in [5.41, 5.74) is 1.88. The van der Waals surface area contributed by atoms with Crippen molar-refractivity contribution in [1.82, 2.24) is 10.2 Å². The molecular formula is C19H24N4O4. The van der Waals surface area contributed by atoms with Crippen molar-refractivity contribution >= 4 is 17.4 Å². The minimum Gasteiger partial charge on any atom is -0.497 e. The molecule has 2 N–H and O–H groups in total. The fourth-order valence-corrected chi connectivity index (χ4v) is 2.70. The number of aryl methyl sites for hydroxylation is 1. The third-order valence-electron chi connectivity index (χ3n) is 4.22. The summed E-state index contributed by atoms with van der Waals surface area (Å²) in [6, 6.07) is 11.8. The molecule has 0 bridgehead atoms. The normalized spacial score (nSPS) is 11.7. The number of likely N-dealkylation sites (N-methyl/N-ethyl adjacent to an activating group) is 1. The number of hydrogen-bond acceptors (Lipinski definition) is 5. The number of benzene rings is 2. The van der Waals surface area contributed by atoms with E-state index in [-0.39, 0.29) is 11.7 Å². The van der Waals surface area contributed by atoms with Crippen LogP contribution in [0.25, 0.3) is 0 Å². The SMILES string of the molecule is COc1cccc(C(CNC(=O)Nc2ccc(C)c([N+](=O)[O-])c2)N(C)C)c1. The molecule has 2 aromatic rings. The lowest BCUT2D eigenvalue weighted by atomic mass is 10.1. The standard InChI is InChI=1S/C19H24N4O4/c1-13-8-9-15(11-17(13)23(25)26)21-19(24)20-12-18(22(2)3)14-6-5-7-16(10-14)27-4/h5-11,18H,12H2,1-4H3,(H2,20,21,24). The molecule has 0 aliphatic carbocycles. The molecule has 27 heavy (non-hydrogen) atoms. The summed E-state index contributed by atoms with van der Waals surface area (Å²) in [6.45, 7) is 2.01. The Morgan fingerprint density at radius 3 is 2.63 bits per heavy atom. The van der Waals surface area contributed by atoms with Gasteiger partial charge in [0.2, 0.25) is 0 Å². The van der Waals surface area contributed by atoms with Crippen molar-refractivity contribution < 1.29 is 14.5 Å². The summed E-state index contributed by atoms with van der Waals surface area (Å²) in [7, 11) is 5.45. The molecule has 1 unspecified atom stereocenters. The molecule has 0 saturated heterocycles. The minimum absolute atomic E-state index is 0.0321. The van der Waals surface area contributed by atoms with Gasteiger partial charge in [-0.2, -0.15) is 0 Å². The van der Waals surface area contributed by atoms with Crippen molar-refractivity contribution in [2.75, 3.05) is 33.1 Å². The van der Waals surface area contributed by atoms with Crippen LogP contribution in [0, 0.1) is 17.0 Å². The number of nitro groups is 1. The van der Waals surface area contributed by atoms with E-state index >= 15 is 0 Å². The number of hydrogen-bond donors (Lipinski definition) is 2. The van der Waals surface area contributed by atoms with Crippen LogP contribution in [0.1, 0.15) is 17.2 Å². The first-order valence-electron chi connectivity index (χ1n) is 8.42. The molecular weight excluding hydrogens is 348 g/mol. The van der Waals surface area contributed by atoms with E-state index in [1.165, 1.54) is 6.07 Å². The van der Waals surface area contributed by atoms with Gasteiger partial charge in [-0.3, -0.25) is 10.1 Å². The van der Waals surface area contributed by atoms with E-state index in [4.69, 9.17) is 4.74 Å². The molecule has 1 atom stereocenters. The highest BCUT2D eigenvalue weighted by atomic mass is 16.6. The summed E-state index contributed by atoms with van der Waals surface area (Å²) < 4.78 is 5.26. The maximum Gasteiger partial charge on any atom is 0.319 e. The molecule has 0 heterocycles. The van der Waals surface area contributed by atoms with Gasteiger partial charge in [0.15, 0.2) is 0 Å². The van der Waals surface area contributed by atoms with Gasteiger partial charge in [-0.1, -0.05) is 18.2 Å². The van der Waals surface area contributed by atoms with Crippen molar-refractivity contribution in [2.45, 2.75) is 13.0 Å². The molecule has 8 heteroatoms. The predicted molar refractivity (Wildman–Crippen MR) is 104 cm³/mol. The van der Waals surface area contributed by atoms with Crippen LogP contribution in [0.3, 0.4) is 0 Å². The van der Waals surface area contributed by atoms with Crippen molar-refractivity contribution in [1.29, 1.82) is 0 Å². The van der Waals surface area contributed by atoms with Crippen LogP contribution in [0.2, 0.25) is 0 Å². The van der Waals surface area contributed by atoms with Gasteiger partial charge >= 0.3 is 6.03 Å². The third-order valence-corrected chi connectivity index (χ3v) is 4.22. The Balaban J connectivity index is 2.04. The first kappa shape index (κ1) is 20.2. The van der Waals surface area contributed by atoms with Gasteiger partial charge in [0.05, 0.1) is 18.1 Å². The highest BCUT2D eigenvalue weighted by Crippen LogP contribution is 2.23. The molecule has 2 rings (SSSR count). The van der Waals surface area contributed by atoms with Gasteiger partial charge in [-0.05, 0) is 44.8 Å². The number of rotatable bonds is 7. The molecule has 0 aliphatic heterocycles. The number of carbonyl (C=O) groups is 1. The molecule has 0 aliphatic rings. The smallest absolute Gasteiger partial charge is 0.319 e. The predicted octanol–water partition coefficient (Wildman–Crippen LogP) is 3.34. The van der Waals surface area contributed by atoms with E-state index in [0.29, 0.717) is 17.8 Å². The first-order chi connectivity index (χ1) is 12.8.